The molecule has 0 spiro atoms. The highest BCUT2D eigenvalue weighted by Gasteiger charge is 2.51. The van der Waals surface area contributed by atoms with Gasteiger partial charge >= 0.3 is 6.03 Å². The molecular weight excluding hydrogens is 308 g/mol. The molecule has 7 heteroatoms. The molecule has 0 bridgehead atoms. The van der Waals surface area contributed by atoms with Crippen LogP contribution in [0.3, 0.4) is 0 Å². The van der Waals surface area contributed by atoms with Crippen molar-refractivity contribution in [3.8, 4) is 0 Å². The first-order valence-corrected chi connectivity index (χ1v) is 8.10. The van der Waals surface area contributed by atoms with E-state index in [9.17, 15) is 9.59 Å². The zero-order valence-electron chi connectivity index (χ0n) is 14.2. The molecule has 3 amide bonds. The van der Waals surface area contributed by atoms with Crippen LogP contribution in [0.2, 0.25) is 0 Å². The number of imide groups is 1. The second kappa shape index (κ2) is 6.51. The normalized spacial score (nSPS) is 23.5. The van der Waals surface area contributed by atoms with Crippen LogP contribution in [0.25, 0.3) is 0 Å². The minimum absolute atomic E-state index is 0.242. The number of fused-ring (bicyclic) bond motifs is 1. The first-order valence-electron chi connectivity index (χ1n) is 8.10. The summed E-state index contributed by atoms with van der Waals surface area (Å²) in [4.78, 5) is 34.5. The monoisotopic (exact) mass is 330 g/mol. The molecule has 0 saturated carbocycles. The number of carbonyl (C=O) groups excluding carboxylic acids is 2. The number of rotatable bonds is 4. The Morgan fingerprint density at radius 1 is 1.12 bits per heavy atom. The van der Waals surface area contributed by atoms with Crippen LogP contribution in [0.5, 0.6) is 0 Å². The van der Waals surface area contributed by atoms with Crippen molar-refractivity contribution >= 4 is 18.0 Å². The molecule has 2 aliphatic heterocycles. The lowest BCUT2D eigenvalue weighted by atomic mass is 10.1. The molecule has 1 aromatic carbocycles. The van der Waals surface area contributed by atoms with Crippen molar-refractivity contribution in [2.45, 2.75) is 32.1 Å². The molecular formula is C17H22N4O3. The van der Waals surface area contributed by atoms with Gasteiger partial charge < -0.3 is 14.5 Å². The van der Waals surface area contributed by atoms with Gasteiger partial charge in [0.2, 0.25) is 0 Å². The third kappa shape index (κ3) is 2.70. The number of likely N-dealkylation sites (N-methyl/N-ethyl adjacent to an activating group) is 2. The van der Waals surface area contributed by atoms with Crippen molar-refractivity contribution in [2.24, 2.45) is 4.99 Å². The number of amides is 3. The number of amidine groups is 1. The Balaban J connectivity index is 1.83. The Morgan fingerprint density at radius 3 is 2.50 bits per heavy atom. The van der Waals surface area contributed by atoms with Crippen molar-refractivity contribution < 1.29 is 14.3 Å². The summed E-state index contributed by atoms with van der Waals surface area (Å²) in [5.74, 6) is -0.242. The lowest BCUT2D eigenvalue weighted by Crippen LogP contribution is -2.64. The standard InChI is InChI=1S/C17H22N4O3/c1-4-10-24-16-18-14-13(19(16)2)15(22)21(17(23)20(14)3)11-12-8-6-5-7-9-12/h5-9,13-14H,4,10-11H2,1-3H3. The van der Waals surface area contributed by atoms with Crippen molar-refractivity contribution in [1.29, 1.82) is 0 Å². The third-order valence-electron chi connectivity index (χ3n) is 4.31. The summed E-state index contributed by atoms with van der Waals surface area (Å²) < 4.78 is 5.61. The quantitative estimate of drug-likeness (QED) is 0.839. The average molecular weight is 330 g/mol. The molecule has 2 unspecified atom stereocenters. The highest BCUT2D eigenvalue weighted by Crippen LogP contribution is 2.28. The van der Waals surface area contributed by atoms with Gasteiger partial charge in [0.05, 0.1) is 13.2 Å². The maximum atomic E-state index is 12.9. The zero-order chi connectivity index (χ0) is 17.3. The summed E-state index contributed by atoms with van der Waals surface area (Å²) >= 11 is 0. The number of carbonyl (C=O) groups is 2. The van der Waals surface area contributed by atoms with E-state index < -0.39 is 12.2 Å². The minimum atomic E-state index is -0.539. The van der Waals surface area contributed by atoms with Crippen LogP contribution in [0.1, 0.15) is 18.9 Å². The number of benzene rings is 1. The van der Waals surface area contributed by atoms with E-state index >= 15 is 0 Å². The summed E-state index contributed by atoms with van der Waals surface area (Å²) in [6.07, 6.45) is 0.319. The Bertz CT molecular complexity index is 661. The van der Waals surface area contributed by atoms with Gasteiger partial charge in [-0.2, -0.15) is 0 Å². The molecule has 0 radical (unpaired) electrons. The molecule has 3 rings (SSSR count). The molecule has 128 valence electrons. The molecule has 2 heterocycles. The predicted molar refractivity (Wildman–Crippen MR) is 89.2 cm³/mol. The molecule has 0 aromatic heterocycles. The van der Waals surface area contributed by atoms with Gasteiger partial charge in [-0.25, -0.2) is 9.79 Å². The molecule has 0 N–H and O–H groups in total. The molecule has 24 heavy (non-hydrogen) atoms. The highest BCUT2D eigenvalue weighted by atomic mass is 16.5. The Morgan fingerprint density at radius 2 is 1.83 bits per heavy atom. The van der Waals surface area contributed by atoms with Crippen LogP contribution in [0.15, 0.2) is 35.3 Å². The zero-order valence-corrected chi connectivity index (χ0v) is 14.2. The summed E-state index contributed by atoms with van der Waals surface area (Å²) in [6.45, 7) is 2.79. The van der Waals surface area contributed by atoms with Gasteiger partial charge in [-0.05, 0) is 12.0 Å². The van der Waals surface area contributed by atoms with Crippen LogP contribution in [0.4, 0.5) is 4.79 Å². The number of ether oxygens (including phenoxy) is 1. The molecule has 1 aromatic rings. The van der Waals surface area contributed by atoms with Gasteiger partial charge in [0.15, 0.2) is 12.2 Å². The molecule has 1 fully saturated rings. The van der Waals surface area contributed by atoms with Crippen molar-refractivity contribution in [3.05, 3.63) is 35.9 Å². The van der Waals surface area contributed by atoms with Crippen LogP contribution in [0, 0.1) is 0 Å². The van der Waals surface area contributed by atoms with E-state index in [1.54, 1.807) is 19.0 Å². The number of aliphatic imine (C=N–C) groups is 1. The van der Waals surface area contributed by atoms with Gasteiger partial charge in [0.1, 0.15) is 0 Å². The van der Waals surface area contributed by atoms with E-state index in [4.69, 9.17) is 4.74 Å². The lowest BCUT2D eigenvalue weighted by molar-refractivity contribution is -0.137. The van der Waals surface area contributed by atoms with E-state index in [2.05, 4.69) is 4.99 Å². The fourth-order valence-electron chi connectivity index (χ4n) is 2.99. The summed E-state index contributed by atoms with van der Waals surface area (Å²) in [5, 5.41) is 0. The largest absolute Gasteiger partial charge is 0.465 e. The number of hydrogen-bond donors (Lipinski definition) is 0. The fraction of sp³-hybridized carbons (Fsp3) is 0.471. The number of nitrogens with zero attached hydrogens (tertiary/aromatic N) is 4. The van der Waals surface area contributed by atoms with E-state index in [1.165, 1.54) is 9.80 Å². The van der Waals surface area contributed by atoms with Crippen molar-refractivity contribution in [1.82, 2.24) is 14.7 Å². The topological polar surface area (TPSA) is 65.5 Å². The minimum Gasteiger partial charge on any atom is -0.465 e. The Kier molecular flexibility index (Phi) is 4.42. The van der Waals surface area contributed by atoms with Gasteiger partial charge in [0.25, 0.3) is 11.9 Å². The van der Waals surface area contributed by atoms with Crippen molar-refractivity contribution in [3.63, 3.8) is 0 Å². The maximum Gasteiger partial charge on any atom is 0.328 e. The SMILES string of the molecule is CCCOC1=NC2C(C(=O)N(Cc3ccccc3)C(=O)N2C)N1C. The molecule has 0 aliphatic carbocycles. The van der Waals surface area contributed by atoms with E-state index in [1.807, 2.05) is 37.3 Å². The maximum absolute atomic E-state index is 12.9. The second-order valence-corrected chi connectivity index (χ2v) is 6.03. The first kappa shape index (κ1) is 16.3. The van der Waals surface area contributed by atoms with Crippen LogP contribution in [-0.4, -0.2) is 65.6 Å². The van der Waals surface area contributed by atoms with Crippen molar-refractivity contribution in [2.75, 3.05) is 20.7 Å². The van der Waals surface area contributed by atoms with E-state index in [0.717, 1.165) is 12.0 Å². The summed E-state index contributed by atoms with van der Waals surface area (Å²) in [6, 6.07) is 9.03. The van der Waals surface area contributed by atoms with Gasteiger partial charge in [-0.1, -0.05) is 37.3 Å². The van der Waals surface area contributed by atoms with E-state index in [0.29, 0.717) is 12.6 Å². The average Bonchev–Trinajstić information content (AvgIpc) is 2.93. The smallest absolute Gasteiger partial charge is 0.328 e. The molecule has 7 nitrogen and oxygen atoms in total. The first-order chi connectivity index (χ1) is 11.5. The van der Waals surface area contributed by atoms with E-state index in [-0.39, 0.29) is 18.5 Å². The van der Waals surface area contributed by atoms with Gasteiger partial charge in [-0.3, -0.25) is 9.69 Å². The Hall–Kier alpha value is -2.57. The molecule has 2 atom stereocenters. The lowest BCUT2D eigenvalue weighted by Gasteiger charge is -2.40. The van der Waals surface area contributed by atoms with Gasteiger partial charge in [0, 0.05) is 14.1 Å². The second-order valence-electron chi connectivity index (χ2n) is 6.03. The molecule has 2 aliphatic rings. The number of hydrogen-bond acceptors (Lipinski definition) is 5. The molecule has 1 saturated heterocycles. The van der Waals surface area contributed by atoms with Crippen LogP contribution >= 0.6 is 0 Å². The van der Waals surface area contributed by atoms with Crippen LogP contribution in [-0.2, 0) is 16.1 Å². The highest BCUT2D eigenvalue weighted by molar-refractivity contribution is 6.03. The summed E-state index contributed by atoms with van der Waals surface area (Å²) in [5.41, 5.74) is 0.912. The van der Waals surface area contributed by atoms with Crippen LogP contribution < -0.4 is 0 Å². The number of urea groups is 1. The summed E-state index contributed by atoms with van der Waals surface area (Å²) in [7, 11) is 3.45. The third-order valence-corrected chi connectivity index (χ3v) is 4.31. The Labute approximate surface area is 141 Å². The van der Waals surface area contributed by atoms with Gasteiger partial charge in [-0.15, -0.1) is 0 Å². The predicted octanol–water partition coefficient (Wildman–Crippen LogP) is 1.50. The fourth-order valence-corrected chi connectivity index (χ4v) is 2.99.